The number of imidazole rings is 1. The van der Waals surface area contributed by atoms with Gasteiger partial charge in [0.2, 0.25) is 11.8 Å². The van der Waals surface area contributed by atoms with Gasteiger partial charge in [0.1, 0.15) is 5.54 Å². The van der Waals surface area contributed by atoms with E-state index in [9.17, 15) is 4.79 Å². The van der Waals surface area contributed by atoms with E-state index in [2.05, 4.69) is 52.5 Å². The Hall–Kier alpha value is -2.61. The lowest BCUT2D eigenvalue weighted by Crippen LogP contribution is -2.47. The molecule has 0 unspecified atom stereocenters. The maximum Gasteiger partial charge on any atom is 0.231 e. The Balaban J connectivity index is 1.48. The van der Waals surface area contributed by atoms with Gasteiger partial charge in [-0.05, 0) is 49.9 Å². The number of benzene rings is 1. The maximum absolute atomic E-state index is 13.0. The number of hydrogen-bond acceptors (Lipinski definition) is 6. The van der Waals surface area contributed by atoms with Crippen LogP contribution in [0.15, 0.2) is 40.3 Å². The maximum atomic E-state index is 13.0. The van der Waals surface area contributed by atoms with Crippen LogP contribution in [0.3, 0.4) is 0 Å². The molecule has 1 saturated carbocycles. The minimum Gasteiger partial charge on any atom is -0.342 e. The molecule has 1 N–H and O–H groups in total. The molecule has 0 radical (unpaired) electrons. The first-order chi connectivity index (χ1) is 14.9. The molecule has 1 aliphatic carbocycles. The van der Waals surface area contributed by atoms with Crippen LogP contribution >= 0.6 is 11.8 Å². The summed E-state index contributed by atoms with van der Waals surface area (Å²) in [6.07, 6.45) is 9.78. The van der Waals surface area contributed by atoms with E-state index < -0.39 is 5.54 Å². The molecule has 1 aliphatic rings. The molecule has 31 heavy (non-hydrogen) atoms. The number of amides is 1. The van der Waals surface area contributed by atoms with Crippen LogP contribution in [0.2, 0.25) is 0 Å². The van der Waals surface area contributed by atoms with Crippen LogP contribution < -0.4 is 5.32 Å². The fourth-order valence-electron chi connectivity index (χ4n) is 4.35. The largest absolute Gasteiger partial charge is 0.342 e. The Labute approximate surface area is 187 Å². The van der Waals surface area contributed by atoms with Crippen LogP contribution in [-0.4, -0.2) is 31.4 Å². The van der Waals surface area contributed by atoms with Gasteiger partial charge in [0.15, 0.2) is 11.0 Å². The number of aryl methyl sites for hydroxylation is 3. The monoisotopic (exact) mass is 439 g/mol. The topological polar surface area (TPSA) is 85.8 Å². The third-order valence-electron chi connectivity index (χ3n) is 5.72. The lowest BCUT2D eigenvalue weighted by atomic mass is 9.89. The third-order valence-corrected chi connectivity index (χ3v) is 6.68. The first-order valence-corrected chi connectivity index (χ1v) is 11.8. The van der Waals surface area contributed by atoms with Crippen LogP contribution in [-0.2, 0) is 10.3 Å². The van der Waals surface area contributed by atoms with Crippen molar-refractivity contribution in [3.05, 3.63) is 53.4 Å². The average molecular weight is 440 g/mol. The van der Waals surface area contributed by atoms with Crippen molar-refractivity contribution < 1.29 is 9.32 Å². The second kappa shape index (κ2) is 9.26. The number of hydrogen-bond donors (Lipinski definition) is 1. The summed E-state index contributed by atoms with van der Waals surface area (Å²) < 4.78 is 7.27. The minimum absolute atomic E-state index is 0.0377. The van der Waals surface area contributed by atoms with Gasteiger partial charge in [-0.3, -0.25) is 9.36 Å². The Morgan fingerprint density at radius 1 is 1.13 bits per heavy atom. The zero-order valence-corrected chi connectivity index (χ0v) is 19.2. The molecule has 164 valence electrons. The van der Waals surface area contributed by atoms with E-state index in [4.69, 9.17) is 4.52 Å². The molecule has 0 atom stereocenters. The van der Waals surface area contributed by atoms with Gasteiger partial charge in [0.25, 0.3) is 0 Å². The van der Waals surface area contributed by atoms with Crippen molar-refractivity contribution in [1.29, 1.82) is 0 Å². The van der Waals surface area contributed by atoms with Crippen molar-refractivity contribution in [2.45, 2.75) is 70.0 Å². The van der Waals surface area contributed by atoms with E-state index in [-0.39, 0.29) is 11.7 Å². The molecule has 4 rings (SSSR count). The van der Waals surface area contributed by atoms with Crippen LogP contribution in [0.25, 0.3) is 5.69 Å². The lowest BCUT2D eigenvalue weighted by Gasteiger charge is -2.30. The molecule has 2 aromatic heterocycles. The second-order valence-electron chi connectivity index (χ2n) is 8.40. The van der Waals surface area contributed by atoms with E-state index in [0.717, 1.165) is 49.4 Å². The predicted molar refractivity (Wildman–Crippen MR) is 120 cm³/mol. The van der Waals surface area contributed by atoms with E-state index in [0.29, 0.717) is 11.7 Å². The summed E-state index contributed by atoms with van der Waals surface area (Å²) in [7, 11) is 0. The van der Waals surface area contributed by atoms with Crippen LogP contribution in [0.4, 0.5) is 0 Å². The normalized spacial score (nSPS) is 16.1. The summed E-state index contributed by atoms with van der Waals surface area (Å²) >= 11 is 1.44. The summed E-state index contributed by atoms with van der Waals surface area (Å²) in [4.78, 5) is 21.9. The Morgan fingerprint density at radius 2 is 1.84 bits per heavy atom. The number of carbonyl (C=O) groups excluding carboxylic acids is 1. The van der Waals surface area contributed by atoms with Gasteiger partial charge in [-0.2, -0.15) is 4.98 Å². The highest BCUT2D eigenvalue weighted by Gasteiger charge is 2.38. The minimum atomic E-state index is -0.547. The summed E-state index contributed by atoms with van der Waals surface area (Å²) in [5.41, 5.74) is 2.90. The van der Waals surface area contributed by atoms with Gasteiger partial charge in [0.05, 0.1) is 5.75 Å². The SMILES string of the molecule is Cc1cc(C)cc(-n2ccnc2SCC(=O)NC2(c3noc(C)n3)CCCCCC2)c1. The summed E-state index contributed by atoms with van der Waals surface area (Å²) in [6, 6.07) is 6.39. The molecule has 1 amide bonds. The molecule has 0 bridgehead atoms. The zero-order valence-electron chi connectivity index (χ0n) is 18.4. The fraction of sp³-hybridized carbons (Fsp3) is 0.478. The summed E-state index contributed by atoms with van der Waals surface area (Å²) in [6.45, 7) is 5.95. The first kappa shape index (κ1) is 21.6. The molecule has 3 aromatic rings. The summed E-state index contributed by atoms with van der Waals surface area (Å²) in [5.74, 6) is 1.37. The average Bonchev–Trinajstić information content (AvgIpc) is 3.31. The predicted octanol–water partition coefficient (Wildman–Crippen LogP) is 4.64. The molecule has 0 spiro atoms. The van der Waals surface area contributed by atoms with Gasteiger partial charge in [-0.15, -0.1) is 0 Å². The van der Waals surface area contributed by atoms with E-state index in [1.165, 1.54) is 22.9 Å². The molecular weight excluding hydrogens is 410 g/mol. The van der Waals surface area contributed by atoms with Gasteiger partial charge < -0.3 is 9.84 Å². The first-order valence-electron chi connectivity index (χ1n) is 10.8. The second-order valence-corrected chi connectivity index (χ2v) is 9.34. The third kappa shape index (κ3) is 5.01. The smallest absolute Gasteiger partial charge is 0.231 e. The van der Waals surface area contributed by atoms with E-state index in [1.807, 2.05) is 10.8 Å². The number of nitrogens with one attached hydrogen (secondary N) is 1. The molecule has 0 saturated heterocycles. The number of thioether (sulfide) groups is 1. The van der Waals surface area contributed by atoms with Crippen molar-refractivity contribution in [2.75, 3.05) is 5.75 Å². The standard InChI is InChI=1S/C23H29N5O2S/c1-16-12-17(2)14-19(13-16)28-11-10-24-22(28)31-15-20(29)26-23(8-6-4-5-7-9-23)21-25-18(3)30-27-21/h10-14H,4-9,15H2,1-3H3,(H,26,29). The molecular formula is C23H29N5O2S. The Bertz CT molecular complexity index is 1030. The van der Waals surface area contributed by atoms with Gasteiger partial charge in [0, 0.05) is 25.0 Å². The van der Waals surface area contributed by atoms with Crippen molar-refractivity contribution in [2.24, 2.45) is 0 Å². The summed E-state index contributed by atoms with van der Waals surface area (Å²) in [5, 5.41) is 8.22. The highest BCUT2D eigenvalue weighted by atomic mass is 32.2. The lowest BCUT2D eigenvalue weighted by molar-refractivity contribution is -0.120. The highest BCUT2D eigenvalue weighted by Crippen LogP contribution is 2.35. The van der Waals surface area contributed by atoms with Crippen LogP contribution in [0, 0.1) is 20.8 Å². The molecule has 1 fully saturated rings. The number of carbonyl (C=O) groups is 1. The Morgan fingerprint density at radius 3 is 2.48 bits per heavy atom. The number of nitrogens with zero attached hydrogens (tertiary/aromatic N) is 4. The quantitative estimate of drug-likeness (QED) is 0.445. The molecule has 2 heterocycles. The highest BCUT2D eigenvalue weighted by molar-refractivity contribution is 7.99. The van der Waals surface area contributed by atoms with Gasteiger partial charge in [-0.25, -0.2) is 4.98 Å². The van der Waals surface area contributed by atoms with Gasteiger partial charge >= 0.3 is 0 Å². The van der Waals surface area contributed by atoms with E-state index >= 15 is 0 Å². The number of rotatable bonds is 6. The van der Waals surface area contributed by atoms with E-state index in [1.54, 1.807) is 13.1 Å². The Kier molecular flexibility index (Phi) is 6.46. The van der Waals surface area contributed by atoms with Crippen molar-refractivity contribution in [3.8, 4) is 5.69 Å². The van der Waals surface area contributed by atoms with Crippen LogP contribution in [0.5, 0.6) is 0 Å². The van der Waals surface area contributed by atoms with Crippen LogP contribution in [0.1, 0.15) is 61.4 Å². The van der Waals surface area contributed by atoms with Crippen molar-refractivity contribution >= 4 is 17.7 Å². The van der Waals surface area contributed by atoms with Crippen molar-refractivity contribution in [1.82, 2.24) is 25.0 Å². The van der Waals surface area contributed by atoms with Crippen molar-refractivity contribution in [3.63, 3.8) is 0 Å². The molecule has 1 aromatic carbocycles. The fourth-order valence-corrected chi connectivity index (χ4v) is 5.12. The molecule has 0 aliphatic heterocycles. The number of aromatic nitrogens is 4. The molecule has 8 heteroatoms. The molecule has 7 nitrogen and oxygen atoms in total. The zero-order chi connectivity index (χ0) is 21.8. The van der Waals surface area contributed by atoms with Gasteiger partial charge in [-0.1, -0.05) is 48.7 Å².